The molecule has 0 amide bonds. The fraction of sp³-hybridized carbons (Fsp3) is 0.385. The maximum atomic E-state index is 16.0. The van der Waals surface area contributed by atoms with Crippen LogP contribution < -0.4 is 0 Å². The molecule has 0 radical (unpaired) electrons. The van der Waals surface area contributed by atoms with Gasteiger partial charge in [-0.05, 0) is 72.7 Å². The zero-order valence-corrected chi connectivity index (χ0v) is 29.6. The number of aliphatic hydroxyl groups is 1. The number of hydrogen-bond acceptors (Lipinski definition) is 7. The lowest BCUT2D eigenvalue weighted by Gasteiger charge is -2.29. The Morgan fingerprint density at radius 3 is 2.73 bits per heavy atom. The molecule has 0 saturated heterocycles. The second-order valence-corrected chi connectivity index (χ2v) is 14.8. The topological polar surface area (TPSA) is 148 Å². The van der Waals surface area contributed by atoms with Crippen LogP contribution in [-0.2, 0) is 35.6 Å². The van der Waals surface area contributed by atoms with Gasteiger partial charge in [-0.3, -0.25) is 9.78 Å². The number of carboxylic acids is 1. The molecule has 0 fully saturated rings. The highest BCUT2D eigenvalue weighted by Gasteiger charge is 2.35. The first-order valence-corrected chi connectivity index (χ1v) is 17.4. The summed E-state index contributed by atoms with van der Waals surface area (Å²) in [6, 6.07) is 14.8. The Labute approximate surface area is 295 Å². The number of aromatic amines is 1. The summed E-state index contributed by atoms with van der Waals surface area (Å²) in [5.41, 5.74) is 4.22. The van der Waals surface area contributed by atoms with Gasteiger partial charge < -0.3 is 15.2 Å². The lowest BCUT2D eigenvalue weighted by atomic mass is 9.75. The highest BCUT2D eigenvalue weighted by Crippen LogP contribution is 2.39. The van der Waals surface area contributed by atoms with Crippen LogP contribution in [0.5, 0.6) is 0 Å². The van der Waals surface area contributed by atoms with Gasteiger partial charge in [0, 0.05) is 47.5 Å². The van der Waals surface area contributed by atoms with Crippen molar-refractivity contribution < 1.29 is 19.4 Å². The van der Waals surface area contributed by atoms with E-state index in [2.05, 4.69) is 53.2 Å². The van der Waals surface area contributed by atoms with Crippen molar-refractivity contribution in [3.8, 4) is 11.5 Å². The lowest BCUT2D eigenvalue weighted by molar-refractivity contribution is -0.141. The summed E-state index contributed by atoms with van der Waals surface area (Å²) in [5, 5.41) is 36.2. The van der Waals surface area contributed by atoms with E-state index in [0.717, 1.165) is 47.9 Å². The van der Waals surface area contributed by atoms with Crippen LogP contribution in [0.1, 0.15) is 98.8 Å². The highest BCUT2D eigenvalue weighted by atomic mass is 19.1. The van der Waals surface area contributed by atoms with Gasteiger partial charge in [0.1, 0.15) is 17.6 Å². The van der Waals surface area contributed by atoms with E-state index in [1.807, 2.05) is 31.4 Å². The van der Waals surface area contributed by atoms with Gasteiger partial charge in [-0.25, -0.2) is 18.7 Å². The second-order valence-electron chi connectivity index (χ2n) is 14.8. The van der Waals surface area contributed by atoms with E-state index in [1.165, 1.54) is 6.07 Å². The third kappa shape index (κ3) is 6.44. The minimum Gasteiger partial charge on any atom is -0.481 e. The summed E-state index contributed by atoms with van der Waals surface area (Å²) in [7, 11) is 1.82. The zero-order chi connectivity index (χ0) is 36.1. The lowest BCUT2D eigenvalue weighted by Crippen LogP contribution is -2.26. The molecule has 0 saturated carbocycles. The summed E-state index contributed by atoms with van der Waals surface area (Å²) in [4.78, 5) is 24.5. The maximum absolute atomic E-state index is 16.0. The second kappa shape index (κ2) is 13.1. The first-order valence-electron chi connectivity index (χ1n) is 17.4. The van der Waals surface area contributed by atoms with Crippen LogP contribution in [0.2, 0.25) is 0 Å². The molecule has 3 N–H and O–H groups in total. The third-order valence-corrected chi connectivity index (χ3v) is 10.6. The van der Waals surface area contributed by atoms with Gasteiger partial charge in [0.2, 0.25) is 0 Å². The minimum atomic E-state index is -1.31. The summed E-state index contributed by atoms with van der Waals surface area (Å²) in [5.74, 6) is -0.764. The first-order chi connectivity index (χ1) is 24.3. The summed E-state index contributed by atoms with van der Waals surface area (Å²) >= 11 is 0. The van der Waals surface area contributed by atoms with E-state index < -0.39 is 29.2 Å². The fourth-order valence-corrected chi connectivity index (χ4v) is 7.36. The van der Waals surface area contributed by atoms with Gasteiger partial charge in [-0.2, -0.15) is 5.10 Å². The number of aliphatic hydroxyl groups excluding tert-OH is 1. The Morgan fingerprint density at radius 1 is 1.12 bits per heavy atom. The quantitative estimate of drug-likeness (QED) is 0.187. The van der Waals surface area contributed by atoms with Crippen molar-refractivity contribution in [1.29, 1.82) is 0 Å². The molecule has 7 rings (SSSR count). The number of hydrogen-bond donors (Lipinski definition) is 3. The number of pyridine rings is 1. The highest BCUT2D eigenvalue weighted by molar-refractivity contribution is 5.84. The Kier molecular flexibility index (Phi) is 8.82. The van der Waals surface area contributed by atoms with Crippen molar-refractivity contribution in [2.24, 2.45) is 13.0 Å². The molecule has 0 aliphatic carbocycles. The van der Waals surface area contributed by atoms with E-state index >= 15 is 4.39 Å². The molecule has 1 aliphatic rings. The molecule has 51 heavy (non-hydrogen) atoms. The predicted octanol–water partition coefficient (Wildman–Crippen LogP) is 6.64. The number of aryl methyl sites for hydroxylation is 1. The Morgan fingerprint density at radius 2 is 1.92 bits per heavy atom. The average molecular weight is 691 g/mol. The van der Waals surface area contributed by atoms with Gasteiger partial charge in [-0.15, -0.1) is 5.10 Å². The van der Waals surface area contributed by atoms with E-state index in [1.54, 1.807) is 40.8 Å². The van der Waals surface area contributed by atoms with Gasteiger partial charge >= 0.3 is 5.97 Å². The monoisotopic (exact) mass is 690 g/mol. The number of carbonyl (C=O) groups is 1. The normalized spacial score (nSPS) is 19.9. The number of aliphatic carboxylic acids is 1. The van der Waals surface area contributed by atoms with Crippen molar-refractivity contribution in [2.45, 2.75) is 83.3 Å². The van der Waals surface area contributed by atoms with Gasteiger partial charge in [0.25, 0.3) is 0 Å². The molecule has 2 aromatic carbocycles. The Balaban J connectivity index is 1.37. The molecular weight excluding hydrogens is 647 g/mol. The van der Waals surface area contributed by atoms with E-state index in [9.17, 15) is 15.0 Å². The van der Waals surface area contributed by atoms with Crippen LogP contribution in [0, 0.1) is 11.7 Å². The molecule has 264 valence electrons. The van der Waals surface area contributed by atoms with Crippen molar-refractivity contribution in [2.75, 3.05) is 0 Å². The SMILES string of the molecule is C[C@@H](Cc1cccc([C@@]2(C)CCCCC(C)(C)c3cn(nn3)Cc3c(c(F)cc4[nH]ccc34)C(O)c3ccnc(c3)-c3nc2nn3C)c1)C(=O)O. The number of aromatic nitrogens is 8. The number of carboxylic acid groups (broad SMARTS) is 1. The van der Waals surface area contributed by atoms with Crippen molar-refractivity contribution in [3.05, 3.63) is 112 Å². The van der Waals surface area contributed by atoms with Gasteiger partial charge in [0.05, 0.1) is 23.6 Å². The Hall–Kier alpha value is -5.23. The maximum Gasteiger partial charge on any atom is 0.306 e. The molecule has 1 aliphatic heterocycles. The van der Waals surface area contributed by atoms with Crippen molar-refractivity contribution in [1.82, 2.24) is 39.7 Å². The smallest absolute Gasteiger partial charge is 0.306 e. The molecule has 3 atom stereocenters. The number of nitrogens with zero attached hydrogens (tertiary/aromatic N) is 7. The van der Waals surface area contributed by atoms with Crippen LogP contribution >= 0.6 is 0 Å². The first kappa shape index (κ1) is 34.2. The molecular formula is C39H43FN8O3. The zero-order valence-electron chi connectivity index (χ0n) is 29.6. The number of H-pyrrole nitrogens is 1. The summed E-state index contributed by atoms with van der Waals surface area (Å²) < 4.78 is 19.4. The van der Waals surface area contributed by atoms with E-state index in [4.69, 9.17) is 10.1 Å². The van der Waals surface area contributed by atoms with Crippen LogP contribution in [0.3, 0.4) is 0 Å². The number of fused-ring (bicyclic) bond motifs is 10. The molecule has 0 spiro atoms. The van der Waals surface area contributed by atoms with Crippen LogP contribution in [0.25, 0.3) is 22.4 Å². The largest absolute Gasteiger partial charge is 0.481 e. The van der Waals surface area contributed by atoms with E-state index in [-0.39, 0.29) is 17.5 Å². The molecule has 6 bridgehead atoms. The molecule has 12 heteroatoms. The molecule has 5 heterocycles. The predicted molar refractivity (Wildman–Crippen MR) is 191 cm³/mol. The third-order valence-electron chi connectivity index (χ3n) is 10.6. The molecule has 1 unspecified atom stereocenters. The molecule has 6 aromatic rings. The van der Waals surface area contributed by atoms with Crippen LogP contribution in [0.4, 0.5) is 4.39 Å². The number of benzene rings is 2. The molecule has 11 nitrogen and oxygen atoms in total. The summed E-state index contributed by atoms with van der Waals surface area (Å²) in [6.45, 7) is 8.39. The number of nitrogens with one attached hydrogen (secondary N) is 1. The van der Waals surface area contributed by atoms with Crippen LogP contribution in [0.15, 0.2) is 67.1 Å². The van der Waals surface area contributed by atoms with Gasteiger partial charge in [-0.1, -0.05) is 63.1 Å². The van der Waals surface area contributed by atoms with Crippen molar-refractivity contribution >= 4 is 16.9 Å². The fourth-order valence-electron chi connectivity index (χ4n) is 7.36. The summed E-state index contributed by atoms with van der Waals surface area (Å²) in [6.07, 6.45) is 7.74. The minimum absolute atomic E-state index is 0.164. The van der Waals surface area contributed by atoms with Gasteiger partial charge in [0.15, 0.2) is 11.6 Å². The molecule has 4 aromatic heterocycles. The van der Waals surface area contributed by atoms with E-state index in [0.29, 0.717) is 40.4 Å². The van der Waals surface area contributed by atoms with Crippen LogP contribution in [-0.4, -0.2) is 55.9 Å². The standard InChI is InChI=1S/C39H43FN8O3/c1-23(36(50)51)17-24-9-8-10-26(18-24)39(4)14-7-6-13-38(2,3)32-22-48(46-44-32)21-28-27-12-16-41-30(27)20-29(40)33(28)34(49)25-11-15-42-31(19-25)35-43-37(39)45-47(35)5/h8-12,15-16,18-20,22-23,34,41,49H,6-7,13-14,17,21H2,1-5H3,(H,50,51)/t23-,34?,39+/m0/s1. The Bertz CT molecular complexity index is 2240. The van der Waals surface area contributed by atoms with Crippen molar-refractivity contribution in [3.63, 3.8) is 0 Å². The average Bonchev–Trinajstić information content (AvgIpc) is 3.87. The number of halogens is 1. The number of rotatable bonds is 4.